The molecule has 0 N–H and O–H groups in total. The molecule has 1 aromatic carbocycles. The van der Waals surface area contributed by atoms with E-state index in [1.165, 1.54) is 103 Å². The average Bonchev–Trinajstić information content (AvgIpc) is 2.85. The van der Waals surface area contributed by atoms with E-state index in [0.29, 0.717) is 0 Å². The lowest BCUT2D eigenvalue weighted by molar-refractivity contribution is 0.141. The summed E-state index contributed by atoms with van der Waals surface area (Å²) in [6.07, 6.45) is 26.5. The van der Waals surface area contributed by atoms with Gasteiger partial charge in [-0.15, -0.1) is 0 Å². The molecule has 0 aliphatic heterocycles. The number of hydrogen-bond acceptors (Lipinski definition) is 0. The van der Waals surface area contributed by atoms with E-state index in [4.69, 9.17) is 0 Å². The molecule has 0 nitrogen and oxygen atoms in total. The zero-order valence-electron chi connectivity index (χ0n) is 21.5. The summed E-state index contributed by atoms with van der Waals surface area (Å²) in [5, 5.41) is 0. The maximum atomic E-state index is 2.48. The third-order valence-corrected chi connectivity index (χ3v) is 9.98. The minimum absolute atomic E-state index is 0.837. The first-order valence-electron chi connectivity index (χ1n) is 14.8. The van der Waals surface area contributed by atoms with Gasteiger partial charge in [0.15, 0.2) is 0 Å². The molecule has 3 fully saturated rings. The highest BCUT2D eigenvalue weighted by Gasteiger charge is 2.30. The third kappa shape index (κ3) is 6.87. The summed E-state index contributed by atoms with van der Waals surface area (Å²) in [4.78, 5) is 0. The molecule has 0 unspecified atom stereocenters. The Morgan fingerprint density at radius 3 is 1.44 bits per heavy atom. The zero-order valence-corrected chi connectivity index (χ0v) is 21.5. The second-order valence-corrected chi connectivity index (χ2v) is 12.1. The van der Waals surface area contributed by atoms with Gasteiger partial charge in [-0.2, -0.15) is 0 Å². The summed E-state index contributed by atoms with van der Waals surface area (Å²) < 4.78 is 0. The molecule has 0 amide bonds. The highest BCUT2D eigenvalue weighted by atomic mass is 14.4. The molecule has 3 saturated carbocycles. The van der Waals surface area contributed by atoms with Gasteiger partial charge in [0.05, 0.1) is 0 Å². The first-order chi connectivity index (χ1) is 15.7. The van der Waals surface area contributed by atoms with E-state index >= 15 is 0 Å². The molecule has 0 bridgehead atoms. The number of rotatable bonds is 9. The standard InChI is InChI=1S/C32H52/c1-3-5-25-9-17-29(18-10-25)31-21-13-27(14-22-31)7-8-28-15-23-32(24-16-28)30-19-11-26(6-4-2)12-20-30/h13-14,21-22,25-26,28-30,32H,3-12,15-20,23-24H2,1-2H3/t25-,26-,28?,29-,30-,32?. The fourth-order valence-electron chi connectivity index (χ4n) is 7.82. The maximum Gasteiger partial charge on any atom is -0.0162 e. The quantitative estimate of drug-likeness (QED) is 0.361. The zero-order chi connectivity index (χ0) is 22.2. The van der Waals surface area contributed by atoms with Crippen LogP contribution >= 0.6 is 0 Å². The second kappa shape index (κ2) is 12.6. The largest absolute Gasteiger partial charge is 0.0654 e. The van der Waals surface area contributed by atoms with Crippen LogP contribution in [0.1, 0.15) is 140 Å². The molecule has 3 aliphatic rings. The van der Waals surface area contributed by atoms with Crippen LogP contribution in [0.5, 0.6) is 0 Å². The molecule has 0 heteroatoms. The molecule has 0 atom stereocenters. The lowest BCUT2D eigenvalue weighted by Crippen LogP contribution is -2.26. The summed E-state index contributed by atoms with van der Waals surface area (Å²) in [5.41, 5.74) is 3.21. The topological polar surface area (TPSA) is 0 Å². The van der Waals surface area contributed by atoms with E-state index in [0.717, 1.165) is 35.5 Å². The lowest BCUT2D eigenvalue weighted by atomic mass is 9.68. The Morgan fingerprint density at radius 1 is 0.531 bits per heavy atom. The van der Waals surface area contributed by atoms with Gasteiger partial charge in [0, 0.05) is 0 Å². The molecule has 0 heterocycles. The number of aryl methyl sites for hydroxylation is 1. The first kappa shape index (κ1) is 24.3. The van der Waals surface area contributed by atoms with Gasteiger partial charge < -0.3 is 0 Å². The summed E-state index contributed by atoms with van der Waals surface area (Å²) in [6, 6.07) is 9.89. The molecule has 0 radical (unpaired) electrons. The molecule has 0 saturated heterocycles. The normalized spacial score (nSPS) is 33.8. The summed E-state index contributed by atoms with van der Waals surface area (Å²) in [7, 11) is 0. The molecule has 4 rings (SSSR count). The highest BCUT2D eigenvalue weighted by Crippen LogP contribution is 2.43. The van der Waals surface area contributed by atoms with E-state index in [1.54, 1.807) is 24.0 Å². The van der Waals surface area contributed by atoms with Crippen LogP contribution in [0.2, 0.25) is 0 Å². The number of hydrogen-bond donors (Lipinski definition) is 0. The molecule has 32 heavy (non-hydrogen) atoms. The Bertz CT molecular complexity index is 619. The van der Waals surface area contributed by atoms with Crippen molar-refractivity contribution >= 4 is 0 Å². The molecular weight excluding hydrogens is 384 g/mol. The van der Waals surface area contributed by atoms with Gasteiger partial charge in [-0.05, 0) is 111 Å². The molecule has 1 aromatic rings. The number of benzene rings is 1. The molecule has 180 valence electrons. The predicted molar refractivity (Wildman–Crippen MR) is 140 cm³/mol. The molecule has 3 aliphatic carbocycles. The van der Waals surface area contributed by atoms with E-state index < -0.39 is 0 Å². The van der Waals surface area contributed by atoms with E-state index in [1.807, 2.05) is 0 Å². The van der Waals surface area contributed by atoms with Crippen molar-refractivity contribution in [3.63, 3.8) is 0 Å². The van der Waals surface area contributed by atoms with Crippen LogP contribution < -0.4 is 0 Å². The second-order valence-electron chi connectivity index (χ2n) is 12.1. The van der Waals surface area contributed by atoms with Crippen molar-refractivity contribution in [2.75, 3.05) is 0 Å². The lowest BCUT2D eigenvalue weighted by Gasteiger charge is -2.38. The van der Waals surface area contributed by atoms with Crippen molar-refractivity contribution < 1.29 is 0 Å². The van der Waals surface area contributed by atoms with Crippen LogP contribution in [0, 0.1) is 29.6 Å². The van der Waals surface area contributed by atoms with Crippen LogP contribution in [0.4, 0.5) is 0 Å². The fraction of sp³-hybridized carbons (Fsp3) is 0.812. The first-order valence-corrected chi connectivity index (χ1v) is 14.8. The van der Waals surface area contributed by atoms with Crippen molar-refractivity contribution in [3.8, 4) is 0 Å². The van der Waals surface area contributed by atoms with Crippen molar-refractivity contribution in [3.05, 3.63) is 35.4 Å². The van der Waals surface area contributed by atoms with Crippen LogP contribution in [-0.4, -0.2) is 0 Å². The minimum atomic E-state index is 0.837. The van der Waals surface area contributed by atoms with Gasteiger partial charge in [-0.1, -0.05) is 89.5 Å². The molecule has 0 aromatic heterocycles. The molecular formula is C32H52. The Hall–Kier alpha value is -0.780. The van der Waals surface area contributed by atoms with Gasteiger partial charge in [-0.3, -0.25) is 0 Å². The van der Waals surface area contributed by atoms with Gasteiger partial charge >= 0.3 is 0 Å². The van der Waals surface area contributed by atoms with Crippen molar-refractivity contribution in [1.82, 2.24) is 0 Å². The monoisotopic (exact) mass is 436 g/mol. The van der Waals surface area contributed by atoms with E-state index in [-0.39, 0.29) is 0 Å². The Balaban J connectivity index is 1.14. The average molecular weight is 437 g/mol. The highest BCUT2D eigenvalue weighted by molar-refractivity contribution is 5.26. The van der Waals surface area contributed by atoms with Crippen molar-refractivity contribution in [1.29, 1.82) is 0 Å². The van der Waals surface area contributed by atoms with Crippen LogP contribution in [0.25, 0.3) is 0 Å². The Kier molecular flexibility index (Phi) is 9.60. The summed E-state index contributed by atoms with van der Waals surface area (Å²) in [5.74, 6) is 6.06. The fourth-order valence-corrected chi connectivity index (χ4v) is 7.82. The van der Waals surface area contributed by atoms with Crippen LogP contribution in [0.3, 0.4) is 0 Å². The van der Waals surface area contributed by atoms with E-state index in [2.05, 4.69) is 38.1 Å². The summed E-state index contributed by atoms with van der Waals surface area (Å²) in [6.45, 7) is 4.70. The van der Waals surface area contributed by atoms with Crippen molar-refractivity contribution in [2.24, 2.45) is 29.6 Å². The van der Waals surface area contributed by atoms with Gasteiger partial charge in [0.25, 0.3) is 0 Å². The van der Waals surface area contributed by atoms with Gasteiger partial charge in [-0.25, -0.2) is 0 Å². The minimum Gasteiger partial charge on any atom is -0.0654 e. The van der Waals surface area contributed by atoms with Crippen molar-refractivity contribution in [2.45, 2.75) is 135 Å². The molecule has 0 spiro atoms. The smallest absolute Gasteiger partial charge is 0.0162 e. The maximum absolute atomic E-state index is 2.48. The van der Waals surface area contributed by atoms with Crippen LogP contribution in [-0.2, 0) is 6.42 Å². The predicted octanol–water partition coefficient (Wildman–Crippen LogP) is 10.1. The Morgan fingerprint density at radius 2 is 0.969 bits per heavy atom. The van der Waals surface area contributed by atoms with Gasteiger partial charge in [0.1, 0.15) is 0 Å². The summed E-state index contributed by atoms with van der Waals surface area (Å²) >= 11 is 0. The van der Waals surface area contributed by atoms with Gasteiger partial charge in [0.2, 0.25) is 0 Å². The third-order valence-electron chi connectivity index (χ3n) is 9.98. The van der Waals surface area contributed by atoms with E-state index in [9.17, 15) is 0 Å². The van der Waals surface area contributed by atoms with Crippen LogP contribution in [0.15, 0.2) is 24.3 Å². The Labute approximate surface area is 200 Å². The SMILES string of the molecule is CCC[C@H]1CC[C@H](c2ccc(CCC3CCC([C@H]4CC[C@H](CCC)CC4)CC3)cc2)CC1.